The van der Waals surface area contributed by atoms with Crippen LogP contribution in [0.5, 0.6) is 0 Å². The van der Waals surface area contributed by atoms with Crippen LogP contribution in [0.1, 0.15) is 41.3 Å². The minimum atomic E-state index is -4.43. The number of hydrogen-bond acceptors (Lipinski definition) is 3. The maximum absolute atomic E-state index is 13.3. The Morgan fingerprint density at radius 2 is 2.04 bits per heavy atom. The number of aromatic nitrogens is 2. The number of imidazole rings is 1. The molecule has 1 aliphatic rings. The van der Waals surface area contributed by atoms with Crippen LogP contribution in [0.2, 0.25) is 0 Å². The molecule has 1 aliphatic carbocycles. The molecule has 0 radical (unpaired) electrons. The zero-order valence-electron chi connectivity index (χ0n) is 14.8. The van der Waals surface area contributed by atoms with E-state index in [2.05, 4.69) is 20.9 Å². The second-order valence-corrected chi connectivity index (χ2v) is 7.82. The van der Waals surface area contributed by atoms with Gasteiger partial charge < -0.3 is 4.57 Å². The third-order valence-electron chi connectivity index (χ3n) is 5.05. The Hall–Kier alpha value is -2.42. The fraction of sp³-hybridized carbons (Fsp3) is 0.316. The largest absolute Gasteiger partial charge is 0.416 e. The van der Waals surface area contributed by atoms with Crippen LogP contribution in [0.3, 0.4) is 0 Å². The second-order valence-electron chi connectivity index (χ2n) is 6.97. The van der Waals surface area contributed by atoms with Crippen molar-refractivity contribution in [2.75, 3.05) is 0 Å². The van der Waals surface area contributed by atoms with Crippen molar-refractivity contribution >= 4 is 32.7 Å². The maximum Gasteiger partial charge on any atom is 0.416 e. The van der Waals surface area contributed by atoms with E-state index in [1.807, 2.05) is 4.57 Å². The molecule has 0 bridgehead atoms. The Morgan fingerprint density at radius 3 is 2.64 bits per heavy atom. The number of nitro benzene ring substituents is 1. The molecule has 2 aromatic carbocycles. The molecule has 9 heteroatoms. The first-order valence-corrected chi connectivity index (χ1v) is 9.46. The lowest BCUT2D eigenvalue weighted by Gasteiger charge is -2.16. The van der Waals surface area contributed by atoms with E-state index in [0.29, 0.717) is 21.1 Å². The summed E-state index contributed by atoms with van der Waals surface area (Å²) in [6, 6.07) is 6.93. The predicted octanol–water partition coefficient (Wildman–Crippen LogP) is 5.96. The molecule has 146 valence electrons. The summed E-state index contributed by atoms with van der Waals surface area (Å²) in [4.78, 5) is 15.4. The first kappa shape index (κ1) is 18.9. The summed E-state index contributed by atoms with van der Waals surface area (Å²) in [5.74, 6) is 0.984. The van der Waals surface area contributed by atoms with Gasteiger partial charge in [-0.05, 0) is 52.9 Å². The van der Waals surface area contributed by atoms with Gasteiger partial charge in [0.05, 0.1) is 20.5 Å². The van der Waals surface area contributed by atoms with Gasteiger partial charge in [0.2, 0.25) is 0 Å². The number of non-ortho nitro benzene ring substituents is 1. The van der Waals surface area contributed by atoms with Gasteiger partial charge in [0.1, 0.15) is 11.3 Å². The average Bonchev–Trinajstić information content (AvgIpc) is 3.38. The lowest BCUT2D eigenvalue weighted by atomic mass is 10.0. The molecule has 1 fully saturated rings. The summed E-state index contributed by atoms with van der Waals surface area (Å²) in [6.45, 7) is 1.62. The van der Waals surface area contributed by atoms with Crippen LogP contribution in [-0.4, -0.2) is 14.5 Å². The number of nitro groups is 1. The van der Waals surface area contributed by atoms with Crippen LogP contribution in [0.15, 0.2) is 34.8 Å². The van der Waals surface area contributed by atoms with Crippen molar-refractivity contribution in [1.82, 2.24) is 9.55 Å². The fourth-order valence-electron chi connectivity index (χ4n) is 3.44. The summed E-state index contributed by atoms with van der Waals surface area (Å²) in [7, 11) is 0. The number of benzene rings is 2. The van der Waals surface area contributed by atoms with Crippen LogP contribution < -0.4 is 0 Å². The smallest absolute Gasteiger partial charge is 0.323 e. The van der Waals surface area contributed by atoms with Crippen LogP contribution in [0, 0.1) is 17.0 Å². The molecule has 0 atom stereocenters. The number of hydrogen-bond donors (Lipinski definition) is 0. The molecule has 1 heterocycles. The first-order valence-electron chi connectivity index (χ1n) is 8.66. The minimum absolute atomic E-state index is 0.0939. The van der Waals surface area contributed by atoms with E-state index < -0.39 is 16.7 Å². The molecule has 0 amide bonds. The molecule has 0 spiro atoms. The van der Waals surface area contributed by atoms with Crippen LogP contribution in [0.4, 0.5) is 18.9 Å². The number of nitrogens with zero attached hydrogens (tertiary/aromatic N) is 3. The van der Waals surface area contributed by atoms with Gasteiger partial charge in [-0.25, -0.2) is 4.98 Å². The third-order valence-corrected chi connectivity index (χ3v) is 5.66. The van der Waals surface area contributed by atoms with Crippen molar-refractivity contribution in [3.05, 3.63) is 67.4 Å². The van der Waals surface area contributed by atoms with E-state index in [9.17, 15) is 23.3 Å². The number of fused-ring (bicyclic) bond motifs is 1. The van der Waals surface area contributed by atoms with E-state index in [-0.39, 0.29) is 23.7 Å². The van der Waals surface area contributed by atoms with Crippen LogP contribution in [-0.2, 0) is 12.7 Å². The van der Waals surface area contributed by atoms with Crippen LogP contribution >= 0.6 is 15.9 Å². The topological polar surface area (TPSA) is 61.0 Å². The summed E-state index contributed by atoms with van der Waals surface area (Å²) in [6.07, 6.45) is -2.53. The second kappa shape index (κ2) is 6.58. The van der Waals surface area contributed by atoms with E-state index >= 15 is 0 Å². The zero-order chi connectivity index (χ0) is 20.2. The molecule has 3 aromatic rings. The van der Waals surface area contributed by atoms with Crippen molar-refractivity contribution in [3.63, 3.8) is 0 Å². The predicted molar refractivity (Wildman–Crippen MR) is 101 cm³/mol. The average molecular weight is 454 g/mol. The molecule has 5 nitrogen and oxygen atoms in total. The lowest BCUT2D eigenvalue weighted by molar-refractivity contribution is -0.384. The van der Waals surface area contributed by atoms with Crippen molar-refractivity contribution in [2.45, 2.75) is 38.4 Å². The molecule has 28 heavy (non-hydrogen) atoms. The molecule has 0 aliphatic heterocycles. The lowest BCUT2D eigenvalue weighted by Crippen LogP contribution is -2.11. The van der Waals surface area contributed by atoms with Crippen molar-refractivity contribution in [2.24, 2.45) is 0 Å². The van der Waals surface area contributed by atoms with Gasteiger partial charge in [-0.15, -0.1) is 0 Å². The molecular formula is C19H15BrF3N3O2. The zero-order valence-corrected chi connectivity index (χ0v) is 16.3. The highest BCUT2D eigenvalue weighted by atomic mass is 79.9. The van der Waals surface area contributed by atoms with E-state index in [4.69, 9.17) is 0 Å². The molecule has 0 N–H and O–H groups in total. The monoisotopic (exact) mass is 453 g/mol. The number of alkyl halides is 3. The SMILES string of the molecule is Cc1c(Cn2c(C3CC3)nc3c(Br)cc([N+](=O)[O-])cc32)cccc1C(F)(F)F. The van der Waals surface area contributed by atoms with Crippen molar-refractivity contribution < 1.29 is 18.1 Å². The summed E-state index contributed by atoms with van der Waals surface area (Å²) < 4.78 is 42.1. The highest BCUT2D eigenvalue weighted by Gasteiger charge is 2.34. The molecule has 0 unspecified atom stereocenters. The molecular weight excluding hydrogens is 439 g/mol. The molecule has 0 saturated heterocycles. The van der Waals surface area contributed by atoms with E-state index in [1.54, 1.807) is 6.07 Å². The highest BCUT2D eigenvalue weighted by molar-refractivity contribution is 9.10. The highest BCUT2D eigenvalue weighted by Crippen LogP contribution is 2.43. The van der Waals surface area contributed by atoms with Gasteiger partial charge in [-0.3, -0.25) is 10.1 Å². The standard InChI is InChI=1S/C19H15BrF3N3O2/c1-10-12(3-2-4-14(10)19(21,22)23)9-25-16-8-13(26(27)28)7-15(20)17(16)24-18(25)11-5-6-11/h2-4,7-8,11H,5-6,9H2,1H3. The first-order chi connectivity index (χ1) is 13.2. The van der Waals surface area contributed by atoms with Gasteiger partial charge in [0.25, 0.3) is 5.69 Å². The fourth-order valence-corrected chi connectivity index (χ4v) is 3.97. The summed E-state index contributed by atoms with van der Waals surface area (Å²) in [5, 5.41) is 11.3. The Morgan fingerprint density at radius 1 is 1.32 bits per heavy atom. The van der Waals surface area contributed by atoms with E-state index in [0.717, 1.165) is 24.7 Å². The molecule has 1 aromatic heterocycles. The van der Waals surface area contributed by atoms with Crippen molar-refractivity contribution in [3.8, 4) is 0 Å². The van der Waals surface area contributed by atoms with Crippen molar-refractivity contribution in [1.29, 1.82) is 0 Å². The van der Waals surface area contributed by atoms with Gasteiger partial charge in [0.15, 0.2) is 0 Å². The normalized spacial score (nSPS) is 14.6. The quantitative estimate of drug-likeness (QED) is 0.361. The Labute approximate surface area is 166 Å². The Bertz CT molecular complexity index is 1100. The Kier molecular flexibility index (Phi) is 4.45. The summed E-state index contributed by atoms with van der Waals surface area (Å²) in [5.41, 5.74) is 1.02. The maximum atomic E-state index is 13.3. The van der Waals surface area contributed by atoms with E-state index in [1.165, 1.54) is 25.1 Å². The van der Waals surface area contributed by atoms with Gasteiger partial charge in [-0.1, -0.05) is 12.1 Å². The van der Waals surface area contributed by atoms with Crippen LogP contribution in [0.25, 0.3) is 11.0 Å². The summed E-state index contributed by atoms with van der Waals surface area (Å²) >= 11 is 3.34. The molecule has 1 saturated carbocycles. The number of rotatable bonds is 4. The third kappa shape index (κ3) is 3.28. The Balaban J connectivity index is 1.89. The minimum Gasteiger partial charge on any atom is -0.323 e. The molecule has 4 rings (SSSR count). The van der Waals surface area contributed by atoms with Gasteiger partial charge in [-0.2, -0.15) is 13.2 Å². The van der Waals surface area contributed by atoms with Gasteiger partial charge >= 0.3 is 6.18 Å². The number of halogens is 4. The van der Waals surface area contributed by atoms with Gasteiger partial charge in [0, 0.05) is 24.6 Å².